The normalized spacial score (nSPS) is 15.8. The van der Waals surface area contributed by atoms with E-state index in [0.29, 0.717) is 18.0 Å². The molecule has 0 radical (unpaired) electrons. The van der Waals surface area contributed by atoms with E-state index in [1.54, 1.807) is 24.5 Å². The molecule has 0 spiro atoms. The fraction of sp³-hybridized carbons (Fsp3) is 0.533. The zero-order valence-corrected chi connectivity index (χ0v) is 12.2. The second kappa shape index (κ2) is 7.73. The van der Waals surface area contributed by atoms with Gasteiger partial charge in [0.05, 0.1) is 0 Å². The molecule has 0 unspecified atom stereocenters. The van der Waals surface area contributed by atoms with Crippen LogP contribution in [0, 0.1) is 5.92 Å². The first-order valence-corrected chi connectivity index (χ1v) is 7.15. The van der Waals surface area contributed by atoms with E-state index in [9.17, 15) is 9.59 Å². The molecule has 1 aliphatic rings. The summed E-state index contributed by atoms with van der Waals surface area (Å²) in [5, 5.41) is 2.85. The van der Waals surface area contributed by atoms with Gasteiger partial charge >= 0.3 is 0 Å². The first kappa shape index (κ1) is 15.4. The molecule has 2 amide bonds. The van der Waals surface area contributed by atoms with E-state index in [4.69, 9.17) is 4.74 Å². The van der Waals surface area contributed by atoms with Crippen LogP contribution in [0.15, 0.2) is 24.5 Å². The number of carbonyl (C=O) groups is 2. The Morgan fingerprint density at radius 1 is 1.33 bits per heavy atom. The summed E-state index contributed by atoms with van der Waals surface area (Å²) >= 11 is 0. The third-order valence-corrected chi connectivity index (χ3v) is 3.69. The van der Waals surface area contributed by atoms with Crippen LogP contribution < -0.4 is 5.32 Å². The first-order valence-electron chi connectivity index (χ1n) is 7.15. The van der Waals surface area contributed by atoms with Gasteiger partial charge in [-0.3, -0.25) is 14.6 Å². The Morgan fingerprint density at radius 3 is 2.62 bits per heavy atom. The second-order valence-corrected chi connectivity index (χ2v) is 5.21. The van der Waals surface area contributed by atoms with E-state index in [1.807, 2.05) is 4.90 Å². The van der Waals surface area contributed by atoms with Gasteiger partial charge in [0.1, 0.15) is 6.61 Å². The van der Waals surface area contributed by atoms with E-state index < -0.39 is 0 Å². The highest BCUT2D eigenvalue weighted by Gasteiger charge is 2.23. The Hall–Kier alpha value is -1.95. The summed E-state index contributed by atoms with van der Waals surface area (Å²) in [4.78, 5) is 29.4. The maximum absolute atomic E-state index is 12.3. The number of piperidine rings is 1. The average molecular weight is 291 g/mol. The average Bonchev–Trinajstić information content (AvgIpc) is 2.54. The van der Waals surface area contributed by atoms with Crippen molar-refractivity contribution in [2.45, 2.75) is 12.8 Å². The van der Waals surface area contributed by atoms with Gasteiger partial charge in [-0.2, -0.15) is 0 Å². The maximum Gasteiger partial charge on any atom is 0.253 e. The van der Waals surface area contributed by atoms with Crippen molar-refractivity contribution in [1.82, 2.24) is 15.2 Å². The van der Waals surface area contributed by atoms with Gasteiger partial charge in [0.25, 0.3) is 5.91 Å². The molecule has 1 aliphatic heterocycles. The van der Waals surface area contributed by atoms with Crippen molar-refractivity contribution in [2.24, 2.45) is 5.92 Å². The number of hydrogen-bond donors (Lipinski definition) is 1. The summed E-state index contributed by atoms with van der Waals surface area (Å²) < 4.78 is 4.77. The molecule has 1 N–H and O–H groups in total. The lowest BCUT2D eigenvalue weighted by atomic mass is 9.96. The summed E-state index contributed by atoms with van der Waals surface area (Å²) in [6, 6.07) is 3.47. The van der Waals surface area contributed by atoms with Gasteiger partial charge in [0.2, 0.25) is 5.91 Å². The molecule has 6 heteroatoms. The van der Waals surface area contributed by atoms with Gasteiger partial charge < -0.3 is 15.0 Å². The largest absolute Gasteiger partial charge is 0.375 e. The van der Waals surface area contributed by atoms with Crippen LogP contribution in [0.3, 0.4) is 0 Å². The van der Waals surface area contributed by atoms with E-state index in [0.717, 1.165) is 25.9 Å². The number of aromatic nitrogens is 1. The zero-order valence-electron chi connectivity index (χ0n) is 12.2. The number of methoxy groups -OCH3 is 1. The maximum atomic E-state index is 12.3. The Balaban J connectivity index is 1.76. The fourth-order valence-corrected chi connectivity index (χ4v) is 2.46. The zero-order chi connectivity index (χ0) is 15.1. The van der Waals surface area contributed by atoms with Gasteiger partial charge in [0.15, 0.2) is 0 Å². The van der Waals surface area contributed by atoms with Crippen molar-refractivity contribution in [3.8, 4) is 0 Å². The second-order valence-electron chi connectivity index (χ2n) is 5.21. The van der Waals surface area contributed by atoms with Crippen molar-refractivity contribution in [3.63, 3.8) is 0 Å². The van der Waals surface area contributed by atoms with Gasteiger partial charge in [-0.05, 0) is 30.9 Å². The molecule has 2 heterocycles. The van der Waals surface area contributed by atoms with E-state index in [1.165, 1.54) is 7.11 Å². The van der Waals surface area contributed by atoms with Crippen LogP contribution in [0.2, 0.25) is 0 Å². The molecule has 114 valence electrons. The van der Waals surface area contributed by atoms with E-state index in [-0.39, 0.29) is 18.4 Å². The Bertz CT molecular complexity index is 470. The number of likely N-dealkylation sites (tertiary alicyclic amines) is 1. The predicted octanol–water partition coefficient (Wildman–Crippen LogP) is 0.696. The number of nitrogens with zero attached hydrogens (tertiary/aromatic N) is 2. The topological polar surface area (TPSA) is 71.5 Å². The fourth-order valence-electron chi connectivity index (χ4n) is 2.46. The van der Waals surface area contributed by atoms with Crippen LogP contribution in [-0.4, -0.2) is 55.0 Å². The van der Waals surface area contributed by atoms with Crippen LogP contribution in [0.5, 0.6) is 0 Å². The third-order valence-electron chi connectivity index (χ3n) is 3.69. The molecule has 21 heavy (non-hydrogen) atoms. The summed E-state index contributed by atoms with van der Waals surface area (Å²) in [6.07, 6.45) is 5.07. The minimum absolute atomic E-state index is 0.0549. The summed E-state index contributed by atoms with van der Waals surface area (Å²) in [6.45, 7) is 2.21. The van der Waals surface area contributed by atoms with Crippen LogP contribution >= 0.6 is 0 Å². The molecule has 0 bridgehead atoms. The van der Waals surface area contributed by atoms with E-state index in [2.05, 4.69) is 10.3 Å². The molecule has 1 saturated heterocycles. The summed E-state index contributed by atoms with van der Waals surface area (Å²) in [5.41, 5.74) is 0.678. The van der Waals surface area contributed by atoms with Crippen molar-refractivity contribution in [2.75, 3.05) is 33.4 Å². The monoisotopic (exact) mass is 291 g/mol. The predicted molar refractivity (Wildman–Crippen MR) is 77.8 cm³/mol. The number of hydrogen-bond acceptors (Lipinski definition) is 4. The molecule has 1 fully saturated rings. The lowest BCUT2D eigenvalue weighted by Gasteiger charge is -2.32. The lowest BCUT2D eigenvalue weighted by Crippen LogP contribution is -2.42. The molecule has 0 saturated carbocycles. The molecule has 1 aromatic rings. The molecule has 2 rings (SSSR count). The number of carbonyl (C=O) groups excluding carboxylic acids is 2. The summed E-state index contributed by atoms with van der Waals surface area (Å²) in [5.74, 6) is 0.388. The quantitative estimate of drug-likeness (QED) is 0.866. The van der Waals surface area contributed by atoms with Gasteiger partial charge in [-0.15, -0.1) is 0 Å². The van der Waals surface area contributed by atoms with Crippen molar-refractivity contribution in [3.05, 3.63) is 30.1 Å². The Morgan fingerprint density at radius 2 is 2.00 bits per heavy atom. The highest BCUT2D eigenvalue weighted by Crippen LogP contribution is 2.18. The standard InChI is InChI=1S/C15H21N3O3/c1-21-11-14(19)17-10-12-4-8-18(9-5-12)15(20)13-2-6-16-7-3-13/h2-3,6-7,12H,4-5,8-11H2,1H3,(H,17,19). The lowest BCUT2D eigenvalue weighted by molar-refractivity contribution is -0.125. The highest BCUT2D eigenvalue weighted by molar-refractivity contribution is 5.94. The smallest absolute Gasteiger partial charge is 0.253 e. The van der Waals surface area contributed by atoms with Crippen LogP contribution in [0.25, 0.3) is 0 Å². The van der Waals surface area contributed by atoms with Crippen LogP contribution in [0.4, 0.5) is 0 Å². The molecule has 0 atom stereocenters. The molecular weight excluding hydrogens is 270 g/mol. The van der Waals surface area contributed by atoms with Crippen molar-refractivity contribution < 1.29 is 14.3 Å². The molecule has 0 aromatic carbocycles. The minimum atomic E-state index is -0.0900. The molecule has 1 aromatic heterocycles. The molecule has 6 nitrogen and oxygen atoms in total. The number of amides is 2. The van der Waals surface area contributed by atoms with Gasteiger partial charge in [0, 0.05) is 44.7 Å². The molecular formula is C15H21N3O3. The Kier molecular flexibility index (Phi) is 5.68. The number of rotatable bonds is 5. The number of pyridine rings is 1. The van der Waals surface area contributed by atoms with E-state index >= 15 is 0 Å². The van der Waals surface area contributed by atoms with Gasteiger partial charge in [-0.1, -0.05) is 0 Å². The number of ether oxygens (including phenoxy) is 1. The van der Waals surface area contributed by atoms with Crippen LogP contribution in [-0.2, 0) is 9.53 Å². The summed E-state index contributed by atoms with van der Waals surface area (Å²) in [7, 11) is 1.50. The highest BCUT2D eigenvalue weighted by atomic mass is 16.5. The molecule has 0 aliphatic carbocycles. The van der Waals surface area contributed by atoms with Crippen molar-refractivity contribution in [1.29, 1.82) is 0 Å². The van der Waals surface area contributed by atoms with Gasteiger partial charge in [-0.25, -0.2) is 0 Å². The third kappa shape index (κ3) is 4.53. The first-order chi connectivity index (χ1) is 10.2. The van der Waals surface area contributed by atoms with Crippen LogP contribution in [0.1, 0.15) is 23.2 Å². The van der Waals surface area contributed by atoms with Crippen molar-refractivity contribution >= 4 is 11.8 Å². The SMILES string of the molecule is COCC(=O)NCC1CCN(C(=O)c2ccncc2)CC1. The number of nitrogens with one attached hydrogen (secondary N) is 1. The Labute approximate surface area is 124 Å². The minimum Gasteiger partial charge on any atom is -0.375 e.